The van der Waals surface area contributed by atoms with Crippen molar-refractivity contribution < 1.29 is 9.59 Å². The summed E-state index contributed by atoms with van der Waals surface area (Å²) in [4.78, 5) is 24.7. The molecule has 1 fully saturated rings. The Balaban J connectivity index is 1.92. The lowest BCUT2D eigenvalue weighted by atomic mass is 9.97. The molecule has 1 aromatic rings. The van der Waals surface area contributed by atoms with Gasteiger partial charge < -0.3 is 11.1 Å². The van der Waals surface area contributed by atoms with Gasteiger partial charge >= 0.3 is 0 Å². The zero-order valence-electron chi connectivity index (χ0n) is 12.0. The minimum atomic E-state index is -0.219. The van der Waals surface area contributed by atoms with Crippen molar-refractivity contribution in [2.45, 2.75) is 19.4 Å². The number of hydrogen-bond acceptors (Lipinski definition) is 3. The first-order chi connectivity index (χ1) is 10.1. The van der Waals surface area contributed by atoms with Gasteiger partial charge in [0, 0.05) is 18.8 Å². The fourth-order valence-electron chi connectivity index (χ4n) is 2.58. The molecule has 1 heterocycles. The van der Waals surface area contributed by atoms with E-state index in [0.717, 1.165) is 43.7 Å². The molecule has 5 nitrogen and oxygen atoms in total. The highest BCUT2D eigenvalue weighted by Gasteiger charge is 2.23. The fourth-order valence-corrected chi connectivity index (χ4v) is 2.58. The number of amides is 2. The first-order valence-corrected chi connectivity index (χ1v) is 7.12. The molecule has 1 aromatic carbocycles. The van der Waals surface area contributed by atoms with Crippen LogP contribution in [-0.2, 0) is 16.1 Å². The molecule has 5 heteroatoms. The van der Waals surface area contributed by atoms with E-state index >= 15 is 0 Å². The summed E-state index contributed by atoms with van der Waals surface area (Å²) in [5, 5.41) is 2.71. The van der Waals surface area contributed by atoms with Crippen molar-refractivity contribution in [3.63, 3.8) is 0 Å². The highest BCUT2D eigenvalue weighted by Crippen LogP contribution is 2.19. The molecule has 0 aliphatic carbocycles. The third kappa shape index (κ3) is 4.43. The van der Waals surface area contributed by atoms with Gasteiger partial charge in [-0.15, -0.1) is 0 Å². The van der Waals surface area contributed by atoms with Gasteiger partial charge in [-0.2, -0.15) is 0 Å². The summed E-state index contributed by atoms with van der Waals surface area (Å²) in [5.74, 6) is -0.463. The van der Waals surface area contributed by atoms with E-state index in [1.807, 2.05) is 24.3 Å². The van der Waals surface area contributed by atoms with E-state index in [0.29, 0.717) is 0 Å². The lowest BCUT2D eigenvalue weighted by Gasteiger charge is -2.31. The van der Waals surface area contributed by atoms with Crippen LogP contribution in [0.3, 0.4) is 0 Å². The van der Waals surface area contributed by atoms with E-state index in [1.54, 1.807) is 0 Å². The molecule has 21 heavy (non-hydrogen) atoms. The number of rotatable bonds is 5. The van der Waals surface area contributed by atoms with Gasteiger partial charge in [0.15, 0.2) is 0 Å². The standard InChI is InChI=1S/C16H21N3O2/c1-2-15(20)18-14-7-5-12(6-8-14)10-19-9-3-4-13(11-19)16(17)21/h2,5-8,13H,1,3-4,9-11H2,(H2,17,21)(H,18,20). The highest BCUT2D eigenvalue weighted by molar-refractivity contribution is 5.98. The van der Waals surface area contributed by atoms with Crippen LogP contribution in [0.25, 0.3) is 0 Å². The molecule has 1 aliphatic rings. The molecule has 0 aromatic heterocycles. The third-order valence-corrected chi connectivity index (χ3v) is 3.72. The van der Waals surface area contributed by atoms with Crippen molar-refractivity contribution in [1.82, 2.24) is 4.90 Å². The second-order valence-corrected chi connectivity index (χ2v) is 5.37. The fraction of sp³-hybridized carbons (Fsp3) is 0.375. The minimum absolute atomic E-state index is 0.0371. The molecule has 2 amide bonds. The number of benzene rings is 1. The Morgan fingerprint density at radius 1 is 1.38 bits per heavy atom. The van der Waals surface area contributed by atoms with E-state index in [2.05, 4.69) is 16.8 Å². The summed E-state index contributed by atoms with van der Waals surface area (Å²) >= 11 is 0. The largest absolute Gasteiger partial charge is 0.369 e. The summed E-state index contributed by atoms with van der Waals surface area (Å²) in [6.45, 7) is 5.92. The minimum Gasteiger partial charge on any atom is -0.369 e. The molecule has 1 aliphatic heterocycles. The lowest BCUT2D eigenvalue weighted by Crippen LogP contribution is -2.40. The molecule has 0 bridgehead atoms. The monoisotopic (exact) mass is 287 g/mol. The zero-order valence-corrected chi connectivity index (χ0v) is 12.0. The Hall–Kier alpha value is -2.14. The normalized spacial score (nSPS) is 19.0. The van der Waals surface area contributed by atoms with Crippen molar-refractivity contribution >= 4 is 17.5 Å². The number of nitrogens with zero attached hydrogens (tertiary/aromatic N) is 1. The lowest BCUT2D eigenvalue weighted by molar-refractivity contribution is -0.123. The van der Waals surface area contributed by atoms with Gasteiger partial charge in [-0.05, 0) is 43.2 Å². The Bertz CT molecular complexity index is 525. The predicted octanol–water partition coefficient (Wildman–Crippen LogP) is 1.51. The van der Waals surface area contributed by atoms with E-state index in [-0.39, 0.29) is 17.7 Å². The molecule has 112 valence electrons. The van der Waals surface area contributed by atoms with Crippen LogP contribution in [-0.4, -0.2) is 29.8 Å². The molecule has 1 unspecified atom stereocenters. The van der Waals surface area contributed by atoms with Crippen molar-refractivity contribution in [1.29, 1.82) is 0 Å². The average Bonchev–Trinajstić information content (AvgIpc) is 2.49. The summed E-state index contributed by atoms with van der Waals surface area (Å²) in [6, 6.07) is 7.69. The number of primary amides is 1. The van der Waals surface area contributed by atoms with Gasteiger partial charge in [-0.25, -0.2) is 0 Å². The molecule has 1 atom stereocenters. The van der Waals surface area contributed by atoms with Gasteiger partial charge in [-0.1, -0.05) is 18.7 Å². The van der Waals surface area contributed by atoms with Crippen LogP contribution < -0.4 is 11.1 Å². The van der Waals surface area contributed by atoms with Gasteiger partial charge in [0.1, 0.15) is 0 Å². The smallest absolute Gasteiger partial charge is 0.247 e. The van der Waals surface area contributed by atoms with Crippen LogP contribution in [0.4, 0.5) is 5.69 Å². The van der Waals surface area contributed by atoms with Crippen LogP contribution in [0.5, 0.6) is 0 Å². The van der Waals surface area contributed by atoms with Crippen molar-refractivity contribution in [2.24, 2.45) is 11.7 Å². The summed E-state index contributed by atoms with van der Waals surface area (Å²) in [7, 11) is 0. The first kappa shape index (κ1) is 15.3. The maximum atomic E-state index is 11.3. The molecular formula is C16H21N3O2. The average molecular weight is 287 g/mol. The van der Waals surface area contributed by atoms with Crippen molar-refractivity contribution in [3.8, 4) is 0 Å². The van der Waals surface area contributed by atoms with E-state index in [4.69, 9.17) is 5.73 Å². The quantitative estimate of drug-likeness (QED) is 0.806. The first-order valence-electron chi connectivity index (χ1n) is 7.12. The molecule has 1 saturated heterocycles. The van der Waals surface area contributed by atoms with Gasteiger partial charge in [-0.3, -0.25) is 14.5 Å². The highest BCUT2D eigenvalue weighted by atomic mass is 16.1. The van der Waals surface area contributed by atoms with E-state index < -0.39 is 0 Å². The van der Waals surface area contributed by atoms with Crippen LogP contribution in [0.1, 0.15) is 18.4 Å². The number of hydrogen-bond donors (Lipinski definition) is 2. The number of piperidine rings is 1. The summed E-state index contributed by atoms with van der Waals surface area (Å²) in [6.07, 6.45) is 3.13. The third-order valence-electron chi connectivity index (χ3n) is 3.72. The Morgan fingerprint density at radius 3 is 2.71 bits per heavy atom. The van der Waals surface area contributed by atoms with Gasteiger partial charge in [0.25, 0.3) is 0 Å². The van der Waals surface area contributed by atoms with Crippen LogP contribution >= 0.6 is 0 Å². The maximum absolute atomic E-state index is 11.3. The van der Waals surface area contributed by atoms with E-state index in [1.165, 1.54) is 6.08 Å². The number of carbonyl (C=O) groups excluding carboxylic acids is 2. The maximum Gasteiger partial charge on any atom is 0.247 e. The zero-order chi connectivity index (χ0) is 15.2. The molecule has 0 spiro atoms. The molecule has 0 radical (unpaired) electrons. The second-order valence-electron chi connectivity index (χ2n) is 5.37. The number of likely N-dealkylation sites (tertiary alicyclic amines) is 1. The predicted molar refractivity (Wildman–Crippen MR) is 82.5 cm³/mol. The number of nitrogens with two attached hydrogens (primary N) is 1. The Morgan fingerprint density at radius 2 is 2.10 bits per heavy atom. The number of carbonyl (C=O) groups is 2. The van der Waals surface area contributed by atoms with Gasteiger partial charge in [0.05, 0.1) is 5.92 Å². The van der Waals surface area contributed by atoms with Crippen LogP contribution in [0.15, 0.2) is 36.9 Å². The van der Waals surface area contributed by atoms with Crippen LogP contribution in [0, 0.1) is 5.92 Å². The SMILES string of the molecule is C=CC(=O)Nc1ccc(CN2CCCC(C(N)=O)C2)cc1. The summed E-state index contributed by atoms with van der Waals surface area (Å²) in [5.41, 5.74) is 7.29. The second kappa shape index (κ2) is 7.04. The van der Waals surface area contributed by atoms with Gasteiger partial charge in [0.2, 0.25) is 11.8 Å². The summed E-state index contributed by atoms with van der Waals surface area (Å²) < 4.78 is 0. The topological polar surface area (TPSA) is 75.4 Å². The molecule has 0 saturated carbocycles. The molecule has 3 N–H and O–H groups in total. The molecule has 2 rings (SSSR count). The van der Waals surface area contributed by atoms with E-state index in [9.17, 15) is 9.59 Å². The molecular weight excluding hydrogens is 266 g/mol. The van der Waals surface area contributed by atoms with Crippen molar-refractivity contribution in [3.05, 3.63) is 42.5 Å². The number of anilines is 1. The number of nitrogens with one attached hydrogen (secondary N) is 1. The Labute approximate surface area is 124 Å². The van der Waals surface area contributed by atoms with Crippen molar-refractivity contribution in [2.75, 3.05) is 18.4 Å². The van der Waals surface area contributed by atoms with Crippen LogP contribution in [0.2, 0.25) is 0 Å². The Kier molecular flexibility index (Phi) is 5.11.